The monoisotopic (exact) mass is 803 g/mol. The van der Waals surface area contributed by atoms with Crippen LogP contribution in [-0.2, 0) is 4.74 Å². The van der Waals surface area contributed by atoms with Crippen molar-refractivity contribution in [3.63, 3.8) is 0 Å². The molecule has 0 spiro atoms. The Labute approximate surface area is 353 Å². The van der Waals surface area contributed by atoms with Crippen molar-refractivity contribution in [3.8, 4) is 28.4 Å². The first-order valence-electron chi connectivity index (χ1n) is 23.2. The zero-order valence-electron chi connectivity index (χ0n) is 35.8. The molecule has 0 aliphatic heterocycles. The van der Waals surface area contributed by atoms with Crippen LogP contribution in [0.3, 0.4) is 0 Å². The second-order valence-electron chi connectivity index (χ2n) is 15.8. The van der Waals surface area contributed by atoms with Crippen LogP contribution in [0.5, 0.6) is 17.2 Å². The van der Waals surface area contributed by atoms with Gasteiger partial charge in [0.2, 0.25) is 0 Å². The predicted molar refractivity (Wildman–Crippen MR) is 245 cm³/mol. The fourth-order valence-corrected chi connectivity index (χ4v) is 7.35. The van der Waals surface area contributed by atoms with E-state index >= 15 is 0 Å². The molecule has 5 nitrogen and oxygen atoms in total. The van der Waals surface area contributed by atoms with Crippen LogP contribution < -0.4 is 14.2 Å². The van der Waals surface area contributed by atoms with Gasteiger partial charge in [0.05, 0.1) is 32.0 Å². The second kappa shape index (κ2) is 33.8. The summed E-state index contributed by atoms with van der Waals surface area (Å²) in [6.07, 6.45) is 32.6. The van der Waals surface area contributed by atoms with Crippen molar-refractivity contribution in [3.05, 3.63) is 78.4 Å². The molecule has 0 aliphatic rings. The molecule has 3 aromatic rings. The first kappa shape index (κ1) is 48.3. The molecule has 318 valence electrons. The van der Waals surface area contributed by atoms with E-state index in [1.165, 1.54) is 146 Å². The van der Waals surface area contributed by atoms with E-state index in [-0.39, 0.29) is 5.97 Å². The van der Waals surface area contributed by atoms with Gasteiger partial charge in [-0.2, -0.15) is 12.6 Å². The Morgan fingerprint density at radius 2 is 0.684 bits per heavy atom. The summed E-state index contributed by atoms with van der Waals surface area (Å²) in [5.41, 5.74) is 2.97. The molecule has 0 N–H and O–H groups in total. The highest BCUT2D eigenvalue weighted by molar-refractivity contribution is 7.80. The summed E-state index contributed by atoms with van der Waals surface area (Å²) >= 11 is 4.28. The molecule has 0 bridgehead atoms. The number of benzene rings is 3. The topological polar surface area (TPSA) is 54.0 Å². The Kier molecular flexibility index (Phi) is 28.6. The molecule has 0 saturated carbocycles. The smallest absolute Gasteiger partial charge is 0.338 e. The number of ether oxygens (including phenoxy) is 4. The third kappa shape index (κ3) is 24.4. The average Bonchev–Trinajstić information content (AvgIpc) is 3.24. The number of hydrogen-bond donors (Lipinski definition) is 1. The van der Waals surface area contributed by atoms with E-state index < -0.39 is 0 Å². The number of carbonyl (C=O) groups excluding carboxylic acids is 1. The van der Waals surface area contributed by atoms with Gasteiger partial charge >= 0.3 is 5.97 Å². The summed E-state index contributed by atoms with van der Waals surface area (Å²) in [5, 5.41) is 0. The molecule has 0 heterocycles. The van der Waals surface area contributed by atoms with Gasteiger partial charge in [0.15, 0.2) is 0 Å². The summed E-state index contributed by atoms with van der Waals surface area (Å²) in [4.78, 5) is 12.4. The lowest BCUT2D eigenvalue weighted by molar-refractivity contribution is 0.0497. The van der Waals surface area contributed by atoms with Crippen LogP contribution in [0.15, 0.2) is 72.8 Å². The van der Waals surface area contributed by atoms with Crippen molar-refractivity contribution < 1.29 is 23.7 Å². The van der Waals surface area contributed by atoms with Gasteiger partial charge in [-0.1, -0.05) is 166 Å². The molecule has 0 saturated heterocycles. The molecular formula is C51H78O5S. The molecule has 6 heteroatoms. The molecule has 0 fully saturated rings. The van der Waals surface area contributed by atoms with Crippen LogP contribution in [0.1, 0.15) is 184 Å². The van der Waals surface area contributed by atoms with Gasteiger partial charge in [0.1, 0.15) is 17.2 Å². The standard InChI is InChI=1S/C51H78O5S/c1-2-3-4-5-6-7-8-13-18-25-42-55-50-38-32-47(33-39-50)51(52)56-43-26-21-16-10-9-14-19-23-40-53-48-34-28-45(29-35-48)46-30-36-49(37-31-46)54-41-24-20-15-11-12-17-22-27-44-57/h28-39,57H,2-27,40-44H2,1H3. The largest absolute Gasteiger partial charge is 0.494 e. The molecular weight excluding hydrogens is 725 g/mol. The van der Waals surface area contributed by atoms with Crippen molar-refractivity contribution in [2.45, 2.75) is 174 Å². The van der Waals surface area contributed by atoms with Crippen molar-refractivity contribution >= 4 is 18.6 Å². The Balaban J connectivity index is 1.10. The summed E-state index contributed by atoms with van der Waals surface area (Å²) in [6, 6.07) is 24.2. The summed E-state index contributed by atoms with van der Waals surface area (Å²) in [5.74, 6) is 3.47. The van der Waals surface area contributed by atoms with E-state index in [0.717, 1.165) is 74.9 Å². The van der Waals surface area contributed by atoms with Crippen molar-refractivity contribution in [1.82, 2.24) is 0 Å². The van der Waals surface area contributed by atoms with Crippen molar-refractivity contribution in [2.75, 3.05) is 32.2 Å². The first-order chi connectivity index (χ1) is 28.2. The molecule has 0 radical (unpaired) electrons. The fourth-order valence-electron chi connectivity index (χ4n) is 7.12. The zero-order chi connectivity index (χ0) is 40.3. The number of hydrogen-bond acceptors (Lipinski definition) is 6. The molecule has 0 amide bonds. The van der Waals surface area contributed by atoms with Gasteiger partial charge in [0.25, 0.3) is 0 Å². The van der Waals surface area contributed by atoms with Crippen LogP contribution in [0.25, 0.3) is 11.1 Å². The second-order valence-corrected chi connectivity index (χ2v) is 16.3. The maximum Gasteiger partial charge on any atom is 0.338 e. The normalized spacial score (nSPS) is 11.1. The number of thiol groups is 1. The van der Waals surface area contributed by atoms with Crippen LogP contribution >= 0.6 is 12.6 Å². The van der Waals surface area contributed by atoms with E-state index in [4.69, 9.17) is 18.9 Å². The molecule has 57 heavy (non-hydrogen) atoms. The molecule has 0 aromatic heterocycles. The third-order valence-corrected chi connectivity index (χ3v) is 11.1. The molecule has 0 atom stereocenters. The van der Waals surface area contributed by atoms with Crippen molar-refractivity contribution in [2.24, 2.45) is 0 Å². The molecule has 3 rings (SSSR count). The fraction of sp³-hybridized carbons (Fsp3) is 0.627. The van der Waals surface area contributed by atoms with Crippen LogP contribution in [0.2, 0.25) is 0 Å². The van der Waals surface area contributed by atoms with Crippen molar-refractivity contribution in [1.29, 1.82) is 0 Å². The van der Waals surface area contributed by atoms with Gasteiger partial charge in [-0.05, 0) is 97.5 Å². The molecule has 0 aliphatic carbocycles. The number of esters is 1. The summed E-state index contributed by atoms with van der Waals surface area (Å²) in [6.45, 7) is 5.02. The highest BCUT2D eigenvalue weighted by atomic mass is 32.1. The van der Waals surface area contributed by atoms with E-state index in [1.807, 2.05) is 24.3 Å². The number of carbonyl (C=O) groups is 1. The molecule has 0 unspecified atom stereocenters. The van der Waals surface area contributed by atoms with Gasteiger partial charge in [-0.3, -0.25) is 0 Å². The SMILES string of the molecule is CCCCCCCCCCCCOc1ccc(C(=O)OCCCCCCCCCCOc2ccc(-c3ccc(OCCCCCCCCCCS)cc3)cc2)cc1. The lowest BCUT2D eigenvalue weighted by Gasteiger charge is -2.09. The van der Waals surface area contributed by atoms with E-state index in [9.17, 15) is 4.79 Å². The number of rotatable bonds is 37. The minimum absolute atomic E-state index is 0.247. The third-order valence-electron chi connectivity index (χ3n) is 10.8. The average molecular weight is 803 g/mol. The van der Waals surface area contributed by atoms with Gasteiger partial charge in [0, 0.05) is 0 Å². The van der Waals surface area contributed by atoms with E-state index in [2.05, 4.69) is 68.1 Å². The zero-order valence-corrected chi connectivity index (χ0v) is 36.7. The quantitative estimate of drug-likeness (QED) is 0.0357. The van der Waals surface area contributed by atoms with Gasteiger partial charge in [-0.25, -0.2) is 4.79 Å². The van der Waals surface area contributed by atoms with Crippen LogP contribution in [0.4, 0.5) is 0 Å². The minimum atomic E-state index is -0.247. The first-order valence-corrected chi connectivity index (χ1v) is 23.8. The maximum absolute atomic E-state index is 12.4. The van der Waals surface area contributed by atoms with Crippen LogP contribution in [-0.4, -0.2) is 38.1 Å². The van der Waals surface area contributed by atoms with E-state index in [0.29, 0.717) is 12.2 Å². The Morgan fingerprint density at radius 3 is 1.04 bits per heavy atom. The minimum Gasteiger partial charge on any atom is -0.494 e. The lowest BCUT2D eigenvalue weighted by Crippen LogP contribution is -2.06. The van der Waals surface area contributed by atoms with Gasteiger partial charge < -0.3 is 18.9 Å². The highest BCUT2D eigenvalue weighted by Gasteiger charge is 2.08. The van der Waals surface area contributed by atoms with E-state index in [1.54, 1.807) is 0 Å². The number of unbranched alkanes of at least 4 members (excludes halogenated alkanes) is 23. The Hall–Kier alpha value is -3.12. The highest BCUT2D eigenvalue weighted by Crippen LogP contribution is 2.25. The predicted octanol–water partition coefficient (Wildman–Crippen LogP) is 15.4. The Bertz CT molecular complexity index is 1360. The maximum atomic E-state index is 12.4. The molecule has 3 aromatic carbocycles. The summed E-state index contributed by atoms with van der Waals surface area (Å²) < 4.78 is 23.4. The van der Waals surface area contributed by atoms with Gasteiger partial charge in [-0.15, -0.1) is 0 Å². The summed E-state index contributed by atoms with van der Waals surface area (Å²) in [7, 11) is 0. The Morgan fingerprint density at radius 1 is 0.386 bits per heavy atom. The lowest BCUT2D eigenvalue weighted by atomic mass is 10.1. The van der Waals surface area contributed by atoms with Crippen LogP contribution in [0, 0.1) is 0 Å².